The molecule has 0 radical (unpaired) electrons. The number of rotatable bonds is 9. The Bertz CT molecular complexity index is 603. The fraction of sp³-hybridized carbons (Fsp3) is 0.450. The summed E-state index contributed by atoms with van der Waals surface area (Å²) in [7, 11) is 4.22. The number of aromatic nitrogens is 1. The van der Waals surface area contributed by atoms with Crippen molar-refractivity contribution in [1.82, 2.24) is 15.2 Å². The predicted octanol–water partition coefficient (Wildman–Crippen LogP) is 3.32. The number of aryl methyl sites for hydroxylation is 2. The van der Waals surface area contributed by atoms with Crippen molar-refractivity contribution in [2.24, 2.45) is 0 Å². The lowest BCUT2D eigenvalue weighted by atomic mass is 10.1. The average Bonchev–Trinajstić information content (AvgIpc) is 2.54. The molecule has 1 heterocycles. The van der Waals surface area contributed by atoms with Gasteiger partial charge in [-0.1, -0.05) is 18.2 Å². The second kappa shape index (κ2) is 9.40. The summed E-state index contributed by atoms with van der Waals surface area (Å²) < 4.78 is 5.99. The maximum Gasteiger partial charge on any atom is 0.130 e. The number of hydrogen-bond donors (Lipinski definition) is 1. The quantitative estimate of drug-likeness (QED) is 0.717. The SMILES string of the molecule is Cc1cc(CNCCCN(C)C)cc(C)c1OCc1ccccn1. The number of pyridine rings is 1. The normalized spacial score (nSPS) is 11.0. The molecule has 0 fully saturated rings. The molecule has 1 aromatic heterocycles. The molecule has 0 saturated heterocycles. The molecule has 24 heavy (non-hydrogen) atoms. The van der Waals surface area contributed by atoms with Gasteiger partial charge in [-0.15, -0.1) is 0 Å². The van der Waals surface area contributed by atoms with Crippen LogP contribution in [0.15, 0.2) is 36.5 Å². The highest BCUT2D eigenvalue weighted by molar-refractivity contribution is 5.43. The van der Waals surface area contributed by atoms with E-state index in [4.69, 9.17) is 4.74 Å². The lowest BCUT2D eigenvalue weighted by Crippen LogP contribution is -2.21. The van der Waals surface area contributed by atoms with E-state index in [2.05, 4.69) is 55.3 Å². The highest BCUT2D eigenvalue weighted by Gasteiger charge is 2.07. The first-order valence-corrected chi connectivity index (χ1v) is 8.54. The number of nitrogens with one attached hydrogen (secondary N) is 1. The summed E-state index contributed by atoms with van der Waals surface area (Å²) in [5.41, 5.74) is 4.61. The Morgan fingerprint density at radius 1 is 1.12 bits per heavy atom. The van der Waals surface area contributed by atoms with Gasteiger partial charge in [0.2, 0.25) is 0 Å². The zero-order chi connectivity index (χ0) is 17.4. The molecule has 2 aromatic rings. The second-order valence-electron chi connectivity index (χ2n) is 6.50. The minimum Gasteiger partial charge on any atom is -0.487 e. The lowest BCUT2D eigenvalue weighted by molar-refractivity contribution is 0.297. The Hall–Kier alpha value is -1.91. The van der Waals surface area contributed by atoms with Gasteiger partial charge in [0.1, 0.15) is 12.4 Å². The van der Waals surface area contributed by atoms with Crippen LogP contribution in [-0.4, -0.2) is 37.1 Å². The van der Waals surface area contributed by atoms with Gasteiger partial charge in [0, 0.05) is 12.7 Å². The molecular formula is C20H29N3O. The van der Waals surface area contributed by atoms with Gasteiger partial charge in [-0.3, -0.25) is 4.98 Å². The van der Waals surface area contributed by atoms with Crippen LogP contribution in [0.4, 0.5) is 0 Å². The third-order valence-electron chi connectivity index (χ3n) is 3.90. The number of nitrogens with zero attached hydrogens (tertiary/aromatic N) is 2. The van der Waals surface area contributed by atoms with E-state index in [9.17, 15) is 0 Å². The van der Waals surface area contributed by atoms with Gasteiger partial charge in [-0.25, -0.2) is 0 Å². The minimum absolute atomic E-state index is 0.505. The second-order valence-corrected chi connectivity index (χ2v) is 6.50. The summed E-state index contributed by atoms with van der Waals surface area (Å²) in [5, 5.41) is 3.51. The predicted molar refractivity (Wildman–Crippen MR) is 99.4 cm³/mol. The van der Waals surface area contributed by atoms with Crippen LogP contribution in [0.5, 0.6) is 5.75 Å². The monoisotopic (exact) mass is 327 g/mol. The number of ether oxygens (including phenoxy) is 1. The van der Waals surface area contributed by atoms with Crippen LogP contribution in [0.2, 0.25) is 0 Å². The smallest absolute Gasteiger partial charge is 0.130 e. The van der Waals surface area contributed by atoms with Gasteiger partial charge in [-0.2, -0.15) is 0 Å². The highest BCUT2D eigenvalue weighted by atomic mass is 16.5. The summed E-state index contributed by atoms with van der Waals surface area (Å²) in [6.45, 7) is 7.77. The first-order chi connectivity index (χ1) is 11.6. The van der Waals surface area contributed by atoms with Crippen molar-refractivity contribution in [2.45, 2.75) is 33.4 Å². The maximum absolute atomic E-state index is 5.99. The van der Waals surface area contributed by atoms with Gasteiger partial charge in [0.05, 0.1) is 5.69 Å². The van der Waals surface area contributed by atoms with Gasteiger partial charge in [0.15, 0.2) is 0 Å². The van der Waals surface area contributed by atoms with Crippen LogP contribution >= 0.6 is 0 Å². The Morgan fingerprint density at radius 2 is 1.88 bits per heavy atom. The van der Waals surface area contributed by atoms with E-state index >= 15 is 0 Å². The molecule has 0 amide bonds. The topological polar surface area (TPSA) is 37.4 Å². The molecule has 0 atom stereocenters. The summed E-state index contributed by atoms with van der Waals surface area (Å²) in [4.78, 5) is 6.51. The van der Waals surface area contributed by atoms with Gasteiger partial charge in [-0.05, 0) is 76.3 Å². The molecule has 0 spiro atoms. The van der Waals surface area contributed by atoms with Crippen molar-refractivity contribution in [3.63, 3.8) is 0 Å². The fourth-order valence-corrected chi connectivity index (χ4v) is 2.75. The van der Waals surface area contributed by atoms with E-state index in [1.165, 1.54) is 16.7 Å². The van der Waals surface area contributed by atoms with Crippen LogP contribution in [0.3, 0.4) is 0 Å². The molecule has 0 saturated carbocycles. The Morgan fingerprint density at radius 3 is 2.50 bits per heavy atom. The van der Waals surface area contributed by atoms with Gasteiger partial charge < -0.3 is 15.0 Å². The number of hydrogen-bond acceptors (Lipinski definition) is 4. The van der Waals surface area contributed by atoms with Gasteiger partial charge >= 0.3 is 0 Å². The van der Waals surface area contributed by atoms with Crippen molar-refractivity contribution in [1.29, 1.82) is 0 Å². The third-order valence-corrected chi connectivity index (χ3v) is 3.90. The van der Waals surface area contributed by atoms with E-state index in [1.807, 2.05) is 18.2 Å². The molecule has 0 aliphatic rings. The minimum atomic E-state index is 0.505. The standard InChI is InChI=1S/C20H29N3O/c1-16-12-18(14-21-9-7-11-23(3)4)13-17(2)20(16)24-15-19-8-5-6-10-22-19/h5-6,8,10,12-13,21H,7,9,11,14-15H2,1-4H3. The Balaban J connectivity index is 1.88. The largest absolute Gasteiger partial charge is 0.487 e. The van der Waals surface area contributed by atoms with Crippen molar-refractivity contribution < 1.29 is 4.74 Å². The summed E-state index contributed by atoms with van der Waals surface area (Å²) in [6.07, 6.45) is 2.96. The van der Waals surface area contributed by atoms with E-state index in [0.717, 1.165) is 37.5 Å². The first-order valence-electron chi connectivity index (χ1n) is 8.54. The zero-order valence-corrected chi connectivity index (χ0v) is 15.3. The Labute approximate surface area is 145 Å². The Kier molecular flexibility index (Phi) is 7.22. The van der Waals surface area contributed by atoms with Crippen molar-refractivity contribution in [3.8, 4) is 5.75 Å². The van der Waals surface area contributed by atoms with Crippen LogP contribution in [0, 0.1) is 13.8 Å². The first kappa shape index (κ1) is 18.4. The van der Waals surface area contributed by atoms with Crippen molar-refractivity contribution >= 4 is 0 Å². The van der Waals surface area contributed by atoms with Crippen LogP contribution in [0.25, 0.3) is 0 Å². The summed E-state index contributed by atoms with van der Waals surface area (Å²) >= 11 is 0. The molecule has 4 nitrogen and oxygen atoms in total. The number of benzene rings is 1. The van der Waals surface area contributed by atoms with E-state index in [0.29, 0.717) is 6.61 Å². The summed E-state index contributed by atoms with van der Waals surface area (Å²) in [6, 6.07) is 10.3. The molecule has 0 aliphatic heterocycles. The highest BCUT2D eigenvalue weighted by Crippen LogP contribution is 2.25. The third kappa shape index (κ3) is 5.95. The molecule has 130 valence electrons. The molecule has 1 N–H and O–H groups in total. The average molecular weight is 327 g/mol. The van der Waals surface area contributed by atoms with E-state index in [1.54, 1.807) is 6.20 Å². The summed E-state index contributed by atoms with van der Waals surface area (Å²) in [5.74, 6) is 0.969. The van der Waals surface area contributed by atoms with Crippen LogP contribution < -0.4 is 10.1 Å². The van der Waals surface area contributed by atoms with Crippen molar-refractivity contribution in [3.05, 3.63) is 58.9 Å². The molecular weight excluding hydrogens is 298 g/mol. The molecule has 4 heteroatoms. The van der Waals surface area contributed by atoms with Crippen LogP contribution in [0.1, 0.15) is 28.8 Å². The maximum atomic E-state index is 5.99. The lowest BCUT2D eigenvalue weighted by Gasteiger charge is -2.15. The van der Waals surface area contributed by atoms with Gasteiger partial charge in [0.25, 0.3) is 0 Å². The molecule has 0 unspecified atom stereocenters. The van der Waals surface area contributed by atoms with Crippen LogP contribution in [-0.2, 0) is 13.2 Å². The fourth-order valence-electron chi connectivity index (χ4n) is 2.75. The molecule has 0 bridgehead atoms. The molecule has 1 aromatic carbocycles. The molecule has 0 aliphatic carbocycles. The van der Waals surface area contributed by atoms with Crippen molar-refractivity contribution in [2.75, 3.05) is 27.2 Å². The van der Waals surface area contributed by atoms with E-state index in [-0.39, 0.29) is 0 Å². The zero-order valence-electron chi connectivity index (χ0n) is 15.3. The van der Waals surface area contributed by atoms with E-state index < -0.39 is 0 Å². The molecule has 2 rings (SSSR count).